The second-order valence-electron chi connectivity index (χ2n) is 8.64. The topological polar surface area (TPSA) is 71.3 Å². The van der Waals surface area contributed by atoms with Crippen LogP contribution in [0.3, 0.4) is 0 Å². The highest BCUT2D eigenvalue weighted by Gasteiger charge is 2.22. The molecule has 1 amide bonds. The molecule has 6 nitrogen and oxygen atoms in total. The van der Waals surface area contributed by atoms with Gasteiger partial charge in [0, 0.05) is 31.9 Å². The smallest absolute Gasteiger partial charge is 0.287 e. The van der Waals surface area contributed by atoms with Crippen molar-refractivity contribution in [1.29, 1.82) is 0 Å². The van der Waals surface area contributed by atoms with E-state index >= 15 is 0 Å². The molecule has 7 heteroatoms. The summed E-state index contributed by atoms with van der Waals surface area (Å²) in [7, 11) is 2.05. The Morgan fingerprint density at radius 3 is 2.69 bits per heavy atom. The lowest BCUT2D eigenvalue weighted by molar-refractivity contribution is 0.0922. The maximum atomic E-state index is 12.2. The number of hydrogen-bond acceptors (Lipinski definition) is 6. The van der Waals surface area contributed by atoms with Crippen molar-refractivity contribution < 1.29 is 9.21 Å². The van der Waals surface area contributed by atoms with Crippen LogP contribution in [-0.2, 0) is 12.3 Å². The van der Waals surface area contributed by atoms with Crippen LogP contribution in [0, 0.1) is 5.92 Å². The van der Waals surface area contributed by atoms with E-state index in [1.807, 2.05) is 31.3 Å². The fourth-order valence-electron chi connectivity index (χ4n) is 3.28. The molecule has 1 aromatic carbocycles. The predicted molar refractivity (Wildman–Crippen MR) is 128 cm³/mol. The number of nitrogens with zero attached hydrogens (tertiary/aromatic N) is 3. The zero-order chi connectivity index (χ0) is 22.5. The number of anilines is 1. The van der Waals surface area contributed by atoms with Crippen LogP contribution in [0.15, 0.2) is 58.1 Å². The molecule has 168 valence electrons. The summed E-state index contributed by atoms with van der Waals surface area (Å²) in [5, 5.41) is 3.65. The number of amides is 1. The van der Waals surface area contributed by atoms with Gasteiger partial charge in [0.05, 0.1) is 5.75 Å². The van der Waals surface area contributed by atoms with E-state index in [1.54, 1.807) is 6.07 Å². The Labute approximate surface area is 193 Å². The minimum Gasteiger partial charge on any atom is -0.455 e. The number of aromatic nitrogens is 2. The van der Waals surface area contributed by atoms with E-state index in [4.69, 9.17) is 14.4 Å². The summed E-state index contributed by atoms with van der Waals surface area (Å²) in [6.45, 7) is 5.78. The van der Waals surface area contributed by atoms with Gasteiger partial charge in [-0.05, 0) is 42.4 Å². The van der Waals surface area contributed by atoms with Crippen LogP contribution in [0.1, 0.15) is 60.2 Å². The first-order valence-electron chi connectivity index (χ1n) is 11.1. The molecule has 0 unspecified atom stereocenters. The lowest BCUT2D eigenvalue weighted by Crippen LogP contribution is -2.24. The average molecular weight is 451 g/mol. The predicted octanol–water partition coefficient (Wildman–Crippen LogP) is 5.26. The molecule has 0 atom stereocenters. The lowest BCUT2D eigenvalue weighted by atomic mass is 10.1. The van der Waals surface area contributed by atoms with Gasteiger partial charge in [0.1, 0.15) is 11.6 Å². The van der Waals surface area contributed by atoms with Gasteiger partial charge in [0.15, 0.2) is 10.9 Å². The Morgan fingerprint density at radius 1 is 1.19 bits per heavy atom. The zero-order valence-electron chi connectivity index (χ0n) is 18.9. The fourth-order valence-corrected chi connectivity index (χ4v) is 4.04. The maximum absolute atomic E-state index is 12.2. The third-order valence-corrected chi connectivity index (χ3v) is 6.30. The molecular formula is C25H30N4O2S. The molecule has 0 aliphatic heterocycles. The molecular weight excluding hydrogens is 420 g/mol. The van der Waals surface area contributed by atoms with E-state index in [2.05, 4.69) is 42.3 Å². The highest BCUT2D eigenvalue weighted by Crippen LogP contribution is 2.28. The van der Waals surface area contributed by atoms with Crippen molar-refractivity contribution in [3.63, 3.8) is 0 Å². The Morgan fingerprint density at radius 2 is 1.97 bits per heavy atom. The van der Waals surface area contributed by atoms with Gasteiger partial charge < -0.3 is 14.6 Å². The van der Waals surface area contributed by atoms with Crippen LogP contribution in [-0.4, -0.2) is 29.5 Å². The molecule has 0 saturated heterocycles. The summed E-state index contributed by atoms with van der Waals surface area (Å²) in [5.41, 5.74) is 2.24. The summed E-state index contributed by atoms with van der Waals surface area (Å²) in [4.78, 5) is 23.9. The van der Waals surface area contributed by atoms with Crippen molar-refractivity contribution in [3.8, 4) is 0 Å². The van der Waals surface area contributed by atoms with Crippen LogP contribution in [0.25, 0.3) is 0 Å². The number of thioether (sulfide) groups is 1. The van der Waals surface area contributed by atoms with Gasteiger partial charge in [-0.3, -0.25) is 4.79 Å². The first kappa shape index (κ1) is 22.4. The maximum Gasteiger partial charge on any atom is 0.287 e. The number of rotatable bonds is 10. The summed E-state index contributed by atoms with van der Waals surface area (Å²) >= 11 is 1.52. The van der Waals surface area contributed by atoms with Crippen molar-refractivity contribution in [2.75, 3.05) is 18.5 Å². The van der Waals surface area contributed by atoms with Crippen LogP contribution >= 0.6 is 11.8 Å². The summed E-state index contributed by atoms with van der Waals surface area (Å²) in [6, 6.07) is 16.0. The summed E-state index contributed by atoms with van der Waals surface area (Å²) in [6.07, 6.45) is 2.41. The minimum absolute atomic E-state index is 0.143. The molecule has 1 N–H and O–H groups in total. The van der Waals surface area contributed by atoms with Gasteiger partial charge in [-0.25, -0.2) is 9.97 Å². The first-order chi connectivity index (χ1) is 15.5. The Bertz CT molecular complexity index is 1050. The van der Waals surface area contributed by atoms with Crippen molar-refractivity contribution >= 4 is 23.5 Å². The van der Waals surface area contributed by atoms with Crippen molar-refractivity contribution in [2.24, 2.45) is 5.92 Å². The van der Waals surface area contributed by atoms with E-state index in [-0.39, 0.29) is 5.91 Å². The highest BCUT2D eigenvalue weighted by molar-refractivity contribution is 7.98. The van der Waals surface area contributed by atoms with Gasteiger partial charge in [0.2, 0.25) is 0 Å². The average Bonchev–Trinajstić information content (AvgIpc) is 3.51. The van der Waals surface area contributed by atoms with E-state index in [9.17, 15) is 4.79 Å². The Balaban J connectivity index is 1.42. The number of nitrogens with one attached hydrogen (secondary N) is 1. The normalized spacial score (nSPS) is 13.4. The second kappa shape index (κ2) is 10.2. The monoisotopic (exact) mass is 450 g/mol. The summed E-state index contributed by atoms with van der Waals surface area (Å²) in [5.74, 6) is 3.37. The molecule has 3 aromatic rings. The van der Waals surface area contributed by atoms with Gasteiger partial charge in [-0.1, -0.05) is 55.9 Å². The largest absolute Gasteiger partial charge is 0.455 e. The number of carbonyl (C=O) groups excluding carboxylic acids is 1. The molecule has 0 spiro atoms. The molecule has 32 heavy (non-hydrogen) atoms. The third kappa shape index (κ3) is 6.13. The van der Waals surface area contributed by atoms with Crippen LogP contribution in [0.2, 0.25) is 0 Å². The standard InChI is InChI=1S/C25H30N4O2S/c1-17(2)21-13-23(29(3)15-19-7-5-4-6-8-19)28-25(27-21)32-16-20-11-12-22(31-20)24(30)26-14-18-9-10-18/h4-8,11-13,17-18H,9-10,14-16H2,1-3H3,(H,26,30). The first-order valence-corrected chi connectivity index (χ1v) is 12.1. The minimum atomic E-state index is -0.143. The van der Waals surface area contributed by atoms with Crippen LogP contribution in [0.4, 0.5) is 5.82 Å². The van der Waals surface area contributed by atoms with Crippen molar-refractivity contribution in [1.82, 2.24) is 15.3 Å². The zero-order valence-corrected chi connectivity index (χ0v) is 19.7. The molecule has 1 aliphatic carbocycles. The van der Waals surface area contributed by atoms with Gasteiger partial charge in [-0.15, -0.1) is 0 Å². The SMILES string of the molecule is CC(C)c1cc(N(C)Cc2ccccc2)nc(SCc2ccc(C(=O)NCC3CC3)o2)n1. The summed E-state index contributed by atoms with van der Waals surface area (Å²) < 4.78 is 5.76. The van der Waals surface area contributed by atoms with Crippen molar-refractivity contribution in [3.05, 3.63) is 71.3 Å². The molecule has 2 aromatic heterocycles. The quantitative estimate of drug-likeness (QED) is 0.335. The van der Waals surface area contributed by atoms with Crippen molar-refractivity contribution in [2.45, 2.75) is 50.1 Å². The third-order valence-electron chi connectivity index (χ3n) is 5.43. The molecule has 1 saturated carbocycles. The second-order valence-corrected chi connectivity index (χ2v) is 9.58. The van der Waals surface area contributed by atoms with E-state index in [0.717, 1.165) is 30.4 Å². The fraction of sp³-hybridized carbons (Fsp3) is 0.400. The van der Waals surface area contributed by atoms with E-state index in [1.165, 1.54) is 30.2 Å². The molecule has 2 heterocycles. The number of furan rings is 1. The molecule has 0 bridgehead atoms. The van der Waals surface area contributed by atoms with Gasteiger partial charge in [0.25, 0.3) is 5.91 Å². The van der Waals surface area contributed by atoms with Crippen LogP contribution < -0.4 is 10.2 Å². The lowest BCUT2D eigenvalue weighted by Gasteiger charge is -2.20. The highest BCUT2D eigenvalue weighted by atomic mass is 32.2. The molecule has 1 fully saturated rings. The molecule has 1 aliphatic rings. The Kier molecular flexibility index (Phi) is 7.15. The van der Waals surface area contributed by atoms with Gasteiger partial charge >= 0.3 is 0 Å². The van der Waals surface area contributed by atoms with Crippen LogP contribution in [0.5, 0.6) is 0 Å². The Hall–Kier alpha value is -2.80. The van der Waals surface area contributed by atoms with E-state index < -0.39 is 0 Å². The number of hydrogen-bond donors (Lipinski definition) is 1. The molecule has 4 rings (SSSR count). The number of carbonyl (C=O) groups is 1. The number of benzene rings is 1. The van der Waals surface area contributed by atoms with E-state index in [0.29, 0.717) is 28.5 Å². The van der Waals surface area contributed by atoms with Gasteiger partial charge in [-0.2, -0.15) is 0 Å². The molecule has 0 radical (unpaired) electrons.